The van der Waals surface area contributed by atoms with Crippen LogP contribution in [-0.4, -0.2) is 25.9 Å². The minimum atomic E-state index is -4.48. The van der Waals surface area contributed by atoms with E-state index in [0.29, 0.717) is 11.0 Å². The van der Waals surface area contributed by atoms with Gasteiger partial charge in [0.1, 0.15) is 10.1 Å². The van der Waals surface area contributed by atoms with Crippen LogP contribution in [0.2, 0.25) is 0 Å². The quantitative estimate of drug-likeness (QED) is 0.393. The Morgan fingerprint density at radius 2 is 1.63 bits per heavy atom. The van der Waals surface area contributed by atoms with Crippen LogP contribution in [0.15, 0.2) is 29.7 Å². The second-order valence-electron chi connectivity index (χ2n) is 3.24. The van der Waals surface area contributed by atoms with Gasteiger partial charge in [-0.1, -0.05) is 24.3 Å². The van der Waals surface area contributed by atoms with Crippen LogP contribution >= 0.6 is 0 Å². The van der Waals surface area contributed by atoms with Crippen LogP contribution in [0.1, 0.15) is 11.1 Å². The second kappa shape index (κ2) is 9.95. The molecule has 0 N–H and O–H groups in total. The van der Waals surface area contributed by atoms with Crippen molar-refractivity contribution in [3.05, 3.63) is 40.8 Å². The van der Waals surface area contributed by atoms with Gasteiger partial charge in [-0.3, -0.25) is 0 Å². The maximum Gasteiger partial charge on any atom is 1.00 e. The molecular weight excluding hydrogens is 346 g/mol. The first kappa shape index (κ1) is 23.3. The molecule has 6 nitrogen and oxygen atoms in total. The number of hydrogen-bond donors (Lipinski definition) is 0. The Hall–Kier alpha value is 2.05. The van der Waals surface area contributed by atoms with E-state index in [4.69, 9.17) is 0 Å². The molecule has 0 heterocycles. The zero-order valence-electron chi connectivity index (χ0n) is 10.4. The van der Waals surface area contributed by atoms with E-state index in [1.165, 1.54) is 24.3 Å². The summed E-state index contributed by atoms with van der Waals surface area (Å²) in [6.07, 6.45) is 1.03. The second-order valence-corrected chi connectivity index (χ2v) is 5.90. The van der Waals surface area contributed by atoms with Crippen molar-refractivity contribution in [2.24, 2.45) is 0 Å². The maximum atomic E-state index is 10.5. The van der Waals surface area contributed by atoms with Crippen molar-refractivity contribution >= 4 is 26.3 Å². The molecular formula is C9H8K2O6S2. The summed E-state index contributed by atoms with van der Waals surface area (Å²) in [7, 11) is -8.87. The average Bonchev–Trinajstić information content (AvgIpc) is 2.11. The Labute approximate surface area is 197 Å². The number of hydrogen-bond acceptors (Lipinski definition) is 6. The van der Waals surface area contributed by atoms with Crippen molar-refractivity contribution in [2.75, 3.05) is 0 Å². The third kappa shape index (κ3) is 12.3. The van der Waals surface area contributed by atoms with Gasteiger partial charge in [0.15, 0.2) is 0 Å². The summed E-state index contributed by atoms with van der Waals surface area (Å²) in [4.78, 5) is 0. The molecule has 0 saturated heterocycles. The van der Waals surface area contributed by atoms with Crippen molar-refractivity contribution in [2.45, 2.75) is 5.75 Å². The third-order valence-electron chi connectivity index (χ3n) is 1.72. The first-order chi connectivity index (χ1) is 7.66. The van der Waals surface area contributed by atoms with E-state index in [1.807, 2.05) is 0 Å². The van der Waals surface area contributed by atoms with Crippen molar-refractivity contribution in [1.29, 1.82) is 0 Å². The normalized spacial score (nSPS) is 11.7. The first-order valence-corrected chi connectivity index (χ1v) is 7.37. The number of benzene rings is 1. The topological polar surface area (TPSA) is 114 Å². The SMILES string of the molecule is O=S(=O)([O-])C=Cc1cccc(CS(=O)(=O)[O-])c1.[K+].[K+]. The van der Waals surface area contributed by atoms with Gasteiger partial charge in [-0.15, -0.1) is 0 Å². The van der Waals surface area contributed by atoms with E-state index in [2.05, 4.69) is 0 Å². The molecule has 0 aliphatic heterocycles. The van der Waals surface area contributed by atoms with Gasteiger partial charge in [-0.05, 0) is 17.2 Å². The molecule has 0 spiro atoms. The van der Waals surface area contributed by atoms with E-state index in [9.17, 15) is 25.9 Å². The van der Waals surface area contributed by atoms with Crippen LogP contribution in [0.4, 0.5) is 0 Å². The van der Waals surface area contributed by atoms with Crippen molar-refractivity contribution in [3.8, 4) is 0 Å². The minimum absolute atomic E-state index is 0. The zero-order valence-corrected chi connectivity index (χ0v) is 18.3. The molecule has 0 saturated carbocycles. The summed E-state index contributed by atoms with van der Waals surface area (Å²) in [5.74, 6) is -0.682. The standard InChI is InChI=1S/C9H10O6S2.2K/c10-16(11,12)5-4-8-2-1-3-9(6-8)7-17(13,14)15;;/h1-6H,7H2,(H,10,11,12)(H,13,14,15);;/q;2*+1/p-2. The fourth-order valence-corrected chi connectivity index (χ4v) is 2.06. The molecule has 0 unspecified atom stereocenters. The molecule has 0 aliphatic rings. The summed E-state index contributed by atoms with van der Waals surface area (Å²) in [6, 6.07) is 5.66. The Kier molecular flexibility index (Phi) is 12.2. The van der Waals surface area contributed by atoms with E-state index < -0.39 is 26.0 Å². The maximum absolute atomic E-state index is 10.5. The molecule has 1 rings (SSSR count). The summed E-state index contributed by atoms with van der Waals surface area (Å²) in [5.41, 5.74) is 0.552. The molecule has 1 aromatic carbocycles. The van der Waals surface area contributed by atoms with Crippen LogP contribution in [0.3, 0.4) is 0 Å². The van der Waals surface area contributed by atoms with Gasteiger partial charge in [-0.25, -0.2) is 16.8 Å². The molecule has 0 bridgehead atoms. The predicted octanol–water partition coefficient (Wildman–Crippen LogP) is -5.74. The van der Waals surface area contributed by atoms with E-state index in [0.717, 1.165) is 6.08 Å². The van der Waals surface area contributed by atoms with Gasteiger partial charge in [0.2, 0.25) is 0 Å². The first-order valence-electron chi connectivity index (χ1n) is 4.32. The molecule has 1 aromatic rings. The van der Waals surface area contributed by atoms with Gasteiger partial charge in [0.05, 0.1) is 15.9 Å². The van der Waals surface area contributed by atoms with E-state index >= 15 is 0 Å². The fraction of sp³-hybridized carbons (Fsp3) is 0.111. The summed E-state index contributed by atoms with van der Waals surface area (Å²) in [6.45, 7) is 0. The van der Waals surface area contributed by atoms with Gasteiger partial charge >= 0.3 is 103 Å². The molecule has 0 aliphatic carbocycles. The number of rotatable bonds is 4. The Bertz CT molecular complexity index is 636. The fourth-order valence-electron chi connectivity index (χ4n) is 1.15. The van der Waals surface area contributed by atoms with Crippen LogP contribution in [0.25, 0.3) is 6.08 Å². The van der Waals surface area contributed by atoms with Crippen molar-refractivity contribution in [3.63, 3.8) is 0 Å². The van der Waals surface area contributed by atoms with Crippen LogP contribution in [0, 0.1) is 0 Å². The molecule has 0 atom stereocenters. The molecule has 19 heavy (non-hydrogen) atoms. The van der Waals surface area contributed by atoms with E-state index in [1.54, 1.807) is 0 Å². The Balaban J connectivity index is 0. The molecule has 0 amide bonds. The van der Waals surface area contributed by atoms with Gasteiger partial charge < -0.3 is 9.11 Å². The van der Waals surface area contributed by atoms with Crippen LogP contribution < -0.4 is 103 Å². The average molecular weight is 354 g/mol. The van der Waals surface area contributed by atoms with Crippen molar-refractivity contribution < 1.29 is 129 Å². The molecule has 10 heteroatoms. The summed E-state index contributed by atoms with van der Waals surface area (Å²) >= 11 is 0. The molecule has 0 fully saturated rings. The monoisotopic (exact) mass is 354 g/mol. The summed E-state index contributed by atoms with van der Waals surface area (Å²) < 4.78 is 62.5. The van der Waals surface area contributed by atoms with Gasteiger partial charge in [0.25, 0.3) is 0 Å². The van der Waals surface area contributed by atoms with Crippen LogP contribution in [0.5, 0.6) is 0 Å². The molecule has 0 aromatic heterocycles. The van der Waals surface area contributed by atoms with E-state index in [-0.39, 0.29) is 108 Å². The van der Waals surface area contributed by atoms with Crippen LogP contribution in [-0.2, 0) is 26.0 Å². The minimum Gasteiger partial charge on any atom is -0.748 e. The largest absolute Gasteiger partial charge is 1.00 e. The Morgan fingerprint density at radius 3 is 2.11 bits per heavy atom. The Morgan fingerprint density at radius 1 is 1.05 bits per heavy atom. The predicted molar refractivity (Wildman–Crippen MR) is 58.6 cm³/mol. The van der Waals surface area contributed by atoms with Crippen molar-refractivity contribution in [1.82, 2.24) is 0 Å². The summed E-state index contributed by atoms with van der Waals surface area (Å²) in [5, 5.41) is 0.456. The molecule has 94 valence electrons. The van der Waals surface area contributed by atoms with Gasteiger partial charge in [0, 0.05) is 5.41 Å². The smallest absolute Gasteiger partial charge is 0.748 e. The zero-order chi connectivity index (χ0) is 13.1. The third-order valence-corrected chi connectivity index (χ3v) is 2.88. The van der Waals surface area contributed by atoms with Gasteiger partial charge in [-0.2, -0.15) is 0 Å². The molecule has 0 radical (unpaired) electrons.